The fraction of sp³-hybridized carbons (Fsp3) is 1.00. The minimum absolute atomic E-state index is 0.622. The zero-order valence-electron chi connectivity index (χ0n) is 12.3. The van der Waals surface area contributed by atoms with Gasteiger partial charge in [0.05, 0.1) is 0 Å². The number of hydrogen-bond donors (Lipinski definition) is 1. The van der Waals surface area contributed by atoms with Crippen molar-refractivity contribution in [3.8, 4) is 0 Å². The van der Waals surface area contributed by atoms with Crippen molar-refractivity contribution < 1.29 is 0 Å². The Morgan fingerprint density at radius 1 is 0.812 bits per heavy atom. The van der Waals surface area contributed by atoms with Crippen LogP contribution in [0.25, 0.3) is 0 Å². The van der Waals surface area contributed by atoms with Crippen molar-refractivity contribution >= 4 is 0 Å². The van der Waals surface area contributed by atoms with Crippen LogP contribution in [0.4, 0.5) is 0 Å². The first-order valence-corrected chi connectivity index (χ1v) is 7.22. The van der Waals surface area contributed by atoms with Gasteiger partial charge in [0.1, 0.15) is 0 Å². The van der Waals surface area contributed by atoms with Gasteiger partial charge < -0.3 is 5.32 Å². The molecular weight excluding hydrogens is 194 g/mol. The average Bonchev–Trinajstić information content (AvgIpc) is 2.21. The van der Waals surface area contributed by atoms with Crippen LogP contribution >= 0.6 is 0 Å². The fourth-order valence-electron chi connectivity index (χ4n) is 2.43. The molecule has 0 bridgehead atoms. The highest BCUT2D eigenvalue weighted by molar-refractivity contribution is 4.70. The molecule has 0 radical (unpaired) electrons. The number of nitrogens with one attached hydrogen (secondary N) is 1. The summed E-state index contributed by atoms with van der Waals surface area (Å²) in [5.41, 5.74) is 0. The fourth-order valence-corrected chi connectivity index (χ4v) is 2.43. The lowest BCUT2D eigenvalue weighted by atomic mass is 9.85. The minimum Gasteiger partial charge on any atom is -0.314 e. The first-order valence-electron chi connectivity index (χ1n) is 7.22. The zero-order chi connectivity index (χ0) is 12.6. The van der Waals surface area contributed by atoms with Gasteiger partial charge in [0.25, 0.3) is 0 Å². The molecule has 1 heteroatoms. The summed E-state index contributed by atoms with van der Waals surface area (Å²) < 4.78 is 0. The van der Waals surface area contributed by atoms with Crippen molar-refractivity contribution in [2.75, 3.05) is 6.54 Å². The first-order chi connectivity index (χ1) is 7.49. The topological polar surface area (TPSA) is 12.0 Å². The summed E-state index contributed by atoms with van der Waals surface area (Å²) in [5.74, 6) is 2.62. The van der Waals surface area contributed by atoms with Gasteiger partial charge in [-0.25, -0.2) is 0 Å². The third-order valence-corrected chi connectivity index (χ3v) is 3.44. The van der Waals surface area contributed by atoms with Crippen molar-refractivity contribution in [1.82, 2.24) is 5.32 Å². The minimum atomic E-state index is 0.622. The molecule has 1 N–H and O–H groups in total. The van der Waals surface area contributed by atoms with E-state index in [1.807, 2.05) is 0 Å². The largest absolute Gasteiger partial charge is 0.314 e. The van der Waals surface area contributed by atoms with Gasteiger partial charge in [-0.1, -0.05) is 54.4 Å². The molecule has 0 aromatic carbocycles. The Kier molecular flexibility index (Phi) is 9.02. The van der Waals surface area contributed by atoms with Gasteiger partial charge in [0.15, 0.2) is 0 Å². The number of hydrogen-bond acceptors (Lipinski definition) is 1. The van der Waals surface area contributed by atoms with Gasteiger partial charge >= 0.3 is 0 Å². The molecule has 0 aliphatic carbocycles. The lowest BCUT2D eigenvalue weighted by Gasteiger charge is -2.25. The van der Waals surface area contributed by atoms with Gasteiger partial charge in [-0.2, -0.15) is 0 Å². The SMILES string of the molecule is CCC(CC)CC(CNC(C)C)CC(C)C. The molecule has 1 atom stereocenters. The van der Waals surface area contributed by atoms with Gasteiger partial charge in [0, 0.05) is 6.04 Å². The third-order valence-electron chi connectivity index (χ3n) is 3.44. The van der Waals surface area contributed by atoms with E-state index >= 15 is 0 Å². The Morgan fingerprint density at radius 3 is 1.75 bits per heavy atom. The van der Waals surface area contributed by atoms with Crippen LogP contribution in [-0.4, -0.2) is 12.6 Å². The lowest BCUT2D eigenvalue weighted by molar-refractivity contribution is 0.293. The molecule has 0 saturated heterocycles. The summed E-state index contributed by atoms with van der Waals surface area (Å²) in [7, 11) is 0. The molecule has 1 unspecified atom stereocenters. The first kappa shape index (κ1) is 16.0. The molecule has 0 aliphatic heterocycles. The monoisotopic (exact) mass is 227 g/mol. The maximum absolute atomic E-state index is 3.60. The van der Waals surface area contributed by atoms with E-state index in [2.05, 4.69) is 46.9 Å². The van der Waals surface area contributed by atoms with E-state index in [1.54, 1.807) is 0 Å². The van der Waals surface area contributed by atoms with Crippen LogP contribution in [-0.2, 0) is 0 Å². The Bertz CT molecular complexity index is 148. The Labute approximate surface area is 103 Å². The zero-order valence-corrected chi connectivity index (χ0v) is 12.3. The quantitative estimate of drug-likeness (QED) is 0.612. The summed E-state index contributed by atoms with van der Waals surface area (Å²) in [4.78, 5) is 0. The molecule has 0 saturated carbocycles. The molecule has 0 spiro atoms. The summed E-state index contributed by atoms with van der Waals surface area (Å²) in [5, 5.41) is 3.60. The van der Waals surface area contributed by atoms with Crippen LogP contribution in [0.2, 0.25) is 0 Å². The van der Waals surface area contributed by atoms with Crippen LogP contribution in [0, 0.1) is 17.8 Å². The summed E-state index contributed by atoms with van der Waals surface area (Å²) >= 11 is 0. The summed E-state index contributed by atoms with van der Waals surface area (Å²) in [6, 6.07) is 0.622. The highest BCUT2D eigenvalue weighted by Gasteiger charge is 2.15. The van der Waals surface area contributed by atoms with Crippen LogP contribution in [0.3, 0.4) is 0 Å². The average molecular weight is 227 g/mol. The van der Waals surface area contributed by atoms with Gasteiger partial charge in [-0.05, 0) is 37.1 Å². The van der Waals surface area contributed by atoms with Crippen molar-refractivity contribution in [2.45, 2.75) is 73.3 Å². The second kappa shape index (κ2) is 9.04. The molecule has 0 rings (SSSR count). The molecule has 0 fully saturated rings. The molecule has 0 amide bonds. The normalized spacial score (nSPS) is 14.1. The van der Waals surface area contributed by atoms with E-state index in [0.717, 1.165) is 17.8 Å². The van der Waals surface area contributed by atoms with Crippen molar-refractivity contribution in [3.05, 3.63) is 0 Å². The van der Waals surface area contributed by atoms with Gasteiger partial charge in [-0.3, -0.25) is 0 Å². The Hall–Kier alpha value is -0.0400. The molecule has 1 nitrogen and oxygen atoms in total. The molecule has 0 aliphatic rings. The van der Waals surface area contributed by atoms with Gasteiger partial charge in [-0.15, -0.1) is 0 Å². The van der Waals surface area contributed by atoms with E-state index in [1.165, 1.54) is 32.2 Å². The van der Waals surface area contributed by atoms with E-state index in [4.69, 9.17) is 0 Å². The van der Waals surface area contributed by atoms with Crippen LogP contribution in [0.15, 0.2) is 0 Å². The van der Waals surface area contributed by atoms with E-state index in [9.17, 15) is 0 Å². The predicted molar refractivity (Wildman–Crippen MR) is 74.8 cm³/mol. The third kappa shape index (κ3) is 8.15. The standard InChI is InChI=1S/C15H33N/c1-7-14(8-2)10-15(9-12(3)4)11-16-13(5)6/h12-16H,7-11H2,1-6H3. The highest BCUT2D eigenvalue weighted by atomic mass is 14.9. The predicted octanol–water partition coefficient (Wildman–Crippen LogP) is 4.47. The van der Waals surface area contributed by atoms with Crippen molar-refractivity contribution in [2.24, 2.45) is 17.8 Å². The molecule has 0 aromatic heterocycles. The Balaban J connectivity index is 4.07. The maximum atomic E-state index is 3.60. The molecule has 0 heterocycles. The number of rotatable bonds is 9. The van der Waals surface area contributed by atoms with Crippen LogP contribution < -0.4 is 5.32 Å². The second-order valence-electron chi connectivity index (χ2n) is 5.98. The van der Waals surface area contributed by atoms with Crippen LogP contribution in [0.1, 0.15) is 67.2 Å². The van der Waals surface area contributed by atoms with Gasteiger partial charge in [0.2, 0.25) is 0 Å². The summed E-state index contributed by atoms with van der Waals surface area (Å²) in [6.07, 6.45) is 5.46. The maximum Gasteiger partial charge on any atom is 0.00104 e. The molecule has 0 aromatic rings. The van der Waals surface area contributed by atoms with Crippen molar-refractivity contribution in [1.29, 1.82) is 0 Å². The molecule has 98 valence electrons. The highest BCUT2D eigenvalue weighted by Crippen LogP contribution is 2.23. The molecular formula is C15H33N. The molecule has 16 heavy (non-hydrogen) atoms. The Morgan fingerprint density at radius 2 is 1.38 bits per heavy atom. The second-order valence-corrected chi connectivity index (χ2v) is 5.98. The van der Waals surface area contributed by atoms with Crippen molar-refractivity contribution in [3.63, 3.8) is 0 Å². The van der Waals surface area contributed by atoms with E-state index in [0.29, 0.717) is 6.04 Å². The van der Waals surface area contributed by atoms with E-state index < -0.39 is 0 Å². The smallest absolute Gasteiger partial charge is 0.00104 e. The van der Waals surface area contributed by atoms with Crippen LogP contribution in [0.5, 0.6) is 0 Å². The summed E-state index contributed by atoms with van der Waals surface area (Å²) in [6.45, 7) is 15.0. The van der Waals surface area contributed by atoms with E-state index in [-0.39, 0.29) is 0 Å². The lowest BCUT2D eigenvalue weighted by Crippen LogP contribution is -2.30.